The van der Waals surface area contributed by atoms with Gasteiger partial charge in [0.05, 0.1) is 32.4 Å². The molecule has 0 spiro atoms. The van der Waals surface area contributed by atoms with Crippen LogP contribution in [0.1, 0.15) is 20.8 Å². The lowest BCUT2D eigenvalue weighted by Gasteiger charge is -2.09. The number of aryl methyl sites for hydroxylation is 1. The van der Waals surface area contributed by atoms with Gasteiger partial charge in [0.15, 0.2) is 0 Å². The molecule has 0 fully saturated rings. The highest BCUT2D eigenvalue weighted by molar-refractivity contribution is 6.08. The molecule has 0 saturated heterocycles. The van der Waals surface area contributed by atoms with Gasteiger partial charge in [0.25, 0.3) is 5.91 Å². The summed E-state index contributed by atoms with van der Waals surface area (Å²) in [5.41, 5.74) is 2.19. The number of fused-ring (bicyclic) bond motifs is 1. The van der Waals surface area contributed by atoms with E-state index >= 15 is 0 Å². The van der Waals surface area contributed by atoms with Crippen molar-refractivity contribution in [3.63, 3.8) is 0 Å². The van der Waals surface area contributed by atoms with Crippen LogP contribution in [0.15, 0.2) is 42.5 Å². The van der Waals surface area contributed by atoms with Crippen LogP contribution in [0.3, 0.4) is 0 Å². The van der Waals surface area contributed by atoms with Crippen LogP contribution in [0.2, 0.25) is 0 Å². The number of carbonyl (C=O) groups is 2. The Bertz CT molecular complexity index is 1010. The molecule has 1 aromatic heterocycles. The van der Waals surface area contributed by atoms with E-state index in [-0.39, 0.29) is 5.91 Å². The van der Waals surface area contributed by atoms with E-state index in [9.17, 15) is 9.59 Å². The first-order valence-electron chi connectivity index (χ1n) is 8.20. The highest BCUT2D eigenvalue weighted by Gasteiger charge is 2.19. The maximum atomic E-state index is 12.8. The van der Waals surface area contributed by atoms with Crippen LogP contribution in [0.5, 0.6) is 11.5 Å². The number of benzene rings is 2. The molecule has 0 unspecified atom stereocenters. The van der Waals surface area contributed by atoms with Gasteiger partial charge in [0.2, 0.25) is 0 Å². The van der Waals surface area contributed by atoms with E-state index in [4.69, 9.17) is 9.47 Å². The summed E-state index contributed by atoms with van der Waals surface area (Å²) in [6.07, 6.45) is 0. The quantitative estimate of drug-likeness (QED) is 0.700. The van der Waals surface area contributed by atoms with Crippen LogP contribution in [0.25, 0.3) is 10.9 Å². The van der Waals surface area contributed by atoms with E-state index in [0.717, 1.165) is 10.9 Å². The second kappa shape index (κ2) is 7.41. The van der Waals surface area contributed by atoms with Crippen LogP contribution < -0.4 is 14.8 Å². The Labute approximate surface area is 156 Å². The molecule has 27 heavy (non-hydrogen) atoms. The average molecular weight is 368 g/mol. The van der Waals surface area contributed by atoms with Crippen LogP contribution in [0.4, 0.5) is 5.69 Å². The number of nitrogens with zero attached hydrogens (tertiary/aromatic N) is 1. The van der Waals surface area contributed by atoms with Gasteiger partial charge in [0, 0.05) is 18.1 Å². The molecule has 3 rings (SSSR count). The van der Waals surface area contributed by atoms with Gasteiger partial charge < -0.3 is 24.1 Å². The summed E-state index contributed by atoms with van der Waals surface area (Å²) in [5, 5.41) is 3.61. The minimum atomic E-state index is -0.430. The molecule has 0 aliphatic rings. The number of amides is 1. The summed E-state index contributed by atoms with van der Waals surface area (Å²) >= 11 is 0. The van der Waals surface area contributed by atoms with E-state index in [2.05, 4.69) is 10.1 Å². The number of ether oxygens (including phenoxy) is 3. The standard InChI is InChI=1S/C20H20N2O5/c1-22-15(11-14-16(25-2)9-10-17(26-3)18(14)22)19(23)21-13-7-5-12(6-8-13)20(24)27-4/h5-11H,1-4H3,(H,21,23). The van der Waals surface area contributed by atoms with Gasteiger partial charge in [-0.05, 0) is 42.5 Å². The first-order valence-corrected chi connectivity index (χ1v) is 8.20. The van der Waals surface area contributed by atoms with Crippen molar-refractivity contribution in [2.75, 3.05) is 26.6 Å². The van der Waals surface area contributed by atoms with Crippen molar-refractivity contribution in [3.8, 4) is 11.5 Å². The van der Waals surface area contributed by atoms with E-state index in [1.165, 1.54) is 7.11 Å². The third kappa shape index (κ3) is 3.31. The Morgan fingerprint density at radius 2 is 1.56 bits per heavy atom. The van der Waals surface area contributed by atoms with Gasteiger partial charge in [0.1, 0.15) is 17.2 Å². The topological polar surface area (TPSA) is 78.8 Å². The first-order chi connectivity index (χ1) is 13.0. The van der Waals surface area contributed by atoms with Crippen molar-refractivity contribution in [2.45, 2.75) is 0 Å². The molecule has 7 nitrogen and oxygen atoms in total. The number of hydrogen-bond acceptors (Lipinski definition) is 5. The summed E-state index contributed by atoms with van der Waals surface area (Å²) in [6, 6.07) is 11.8. The number of rotatable bonds is 5. The monoisotopic (exact) mass is 368 g/mol. The Morgan fingerprint density at radius 3 is 2.15 bits per heavy atom. The number of hydrogen-bond donors (Lipinski definition) is 1. The Hall–Kier alpha value is -3.48. The number of carbonyl (C=O) groups excluding carboxylic acids is 2. The number of anilines is 1. The molecule has 1 heterocycles. The molecule has 7 heteroatoms. The Kier molecular flexibility index (Phi) is 5.03. The lowest BCUT2D eigenvalue weighted by Crippen LogP contribution is -2.15. The van der Waals surface area contributed by atoms with Crippen LogP contribution in [-0.2, 0) is 11.8 Å². The summed E-state index contributed by atoms with van der Waals surface area (Å²) < 4.78 is 17.2. The molecule has 0 atom stereocenters. The molecule has 3 aromatic rings. The summed E-state index contributed by atoms with van der Waals surface area (Å²) in [7, 11) is 6.27. The average Bonchev–Trinajstić information content (AvgIpc) is 3.05. The van der Waals surface area contributed by atoms with E-state index in [1.807, 2.05) is 0 Å². The molecule has 0 saturated carbocycles. The fourth-order valence-corrected chi connectivity index (χ4v) is 2.97. The van der Waals surface area contributed by atoms with E-state index < -0.39 is 5.97 Å². The maximum absolute atomic E-state index is 12.8. The normalized spacial score (nSPS) is 10.5. The van der Waals surface area contributed by atoms with E-state index in [1.54, 1.807) is 68.3 Å². The molecular weight excluding hydrogens is 348 g/mol. The smallest absolute Gasteiger partial charge is 0.337 e. The predicted octanol–water partition coefficient (Wildman–Crippen LogP) is 3.23. The second-order valence-electron chi connectivity index (χ2n) is 5.84. The molecular formula is C20H20N2O5. The first kappa shape index (κ1) is 18.3. The van der Waals surface area contributed by atoms with Crippen LogP contribution in [0, 0.1) is 0 Å². The summed E-state index contributed by atoms with van der Waals surface area (Å²) in [4.78, 5) is 24.3. The van der Waals surface area contributed by atoms with Gasteiger partial charge in [-0.1, -0.05) is 0 Å². The fraction of sp³-hybridized carbons (Fsp3) is 0.200. The molecule has 0 bridgehead atoms. The van der Waals surface area contributed by atoms with Gasteiger partial charge in [-0.15, -0.1) is 0 Å². The van der Waals surface area contributed by atoms with Crippen molar-refractivity contribution >= 4 is 28.5 Å². The van der Waals surface area contributed by atoms with Crippen molar-refractivity contribution in [1.29, 1.82) is 0 Å². The number of aromatic nitrogens is 1. The maximum Gasteiger partial charge on any atom is 0.337 e. The number of esters is 1. The van der Waals surface area contributed by atoms with Gasteiger partial charge in [-0.25, -0.2) is 4.79 Å². The van der Waals surface area contributed by atoms with Crippen molar-refractivity contribution in [3.05, 3.63) is 53.7 Å². The molecule has 0 aliphatic carbocycles. The minimum Gasteiger partial charge on any atom is -0.496 e. The zero-order chi connectivity index (χ0) is 19.6. The molecule has 0 radical (unpaired) electrons. The zero-order valence-electron chi connectivity index (χ0n) is 15.5. The van der Waals surface area contributed by atoms with Gasteiger partial charge in [-0.3, -0.25) is 4.79 Å². The highest BCUT2D eigenvalue weighted by atomic mass is 16.5. The lowest BCUT2D eigenvalue weighted by molar-refractivity contribution is 0.0600. The SMILES string of the molecule is COC(=O)c1ccc(NC(=O)c2cc3c(OC)ccc(OC)c3n2C)cc1. The fourth-order valence-electron chi connectivity index (χ4n) is 2.97. The summed E-state index contributed by atoms with van der Waals surface area (Å²) in [6.45, 7) is 0. The molecule has 140 valence electrons. The van der Waals surface area contributed by atoms with Crippen molar-refractivity contribution in [2.24, 2.45) is 7.05 Å². The van der Waals surface area contributed by atoms with Crippen molar-refractivity contribution in [1.82, 2.24) is 4.57 Å². The van der Waals surface area contributed by atoms with Crippen molar-refractivity contribution < 1.29 is 23.8 Å². The Morgan fingerprint density at radius 1 is 0.926 bits per heavy atom. The highest BCUT2D eigenvalue weighted by Crippen LogP contribution is 2.35. The predicted molar refractivity (Wildman–Crippen MR) is 102 cm³/mol. The molecule has 0 aliphatic heterocycles. The van der Waals surface area contributed by atoms with Crippen LogP contribution in [-0.4, -0.2) is 37.8 Å². The van der Waals surface area contributed by atoms with Gasteiger partial charge in [-0.2, -0.15) is 0 Å². The Balaban J connectivity index is 1.94. The largest absolute Gasteiger partial charge is 0.496 e. The second-order valence-corrected chi connectivity index (χ2v) is 5.84. The molecule has 2 aromatic carbocycles. The number of methoxy groups -OCH3 is 3. The van der Waals surface area contributed by atoms with Crippen LogP contribution >= 0.6 is 0 Å². The minimum absolute atomic E-state index is 0.288. The molecule has 1 amide bonds. The molecule has 1 N–H and O–H groups in total. The third-order valence-corrected chi connectivity index (χ3v) is 4.35. The lowest BCUT2D eigenvalue weighted by atomic mass is 10.2. The number of nitrogens with one attached hydrogen (secondary N) is 1. The zero-order valence-corrected chi connectivity index (χ0v) is 15.5. The van der Waals surface area contributed by atoms with E-state index in [0.29, 0.717) is 28.4 Å². The summed E-state index contributed by atoms with van der Waals surface area (Å²) in [5.74, 6) is 0.585. The third-order valence-electron chi connectivity index (χ3n) is 4.35. The van der Waals surface area contributed by atoms with Gasteiger partial charge >= 0.3 is 5.97 Å².